The molecule has 0 spiro atoms. The summed E-state index contributed by atoms with van der Waals surface area (Å²) in [7, 11) is 0. The number of aliphatic hydroxyl groups excluding tert-OH is 1. The number of nitrogens with one attached hydrogen (secondary N) is 1. The predicted octanol–water partition coefficient (Wildman–Crippen LogP) is 0.768. The Balaban J connectivity index is 2.14. The van der Waals surface area contributed by atoms with Gasteiger partial charge in [-0.1, -0.05) is 0 Å². The summed E-state index contributed by atoms with van der Waals surface area (Å²) in [5, 5.41) is 12.9. The number of rotatable bonds is 1. The van der Waals surface area contributed by atoms with Gasteiger partial charge < -0.3 is 14.8 Å². The zero-order valence-corrected chi connectivity index (χ0v) is 7.66. The molecule has 1 aliphatic heterocycles. The monoisotopic (exact) mass is 182 g/mol. The fraction of sp³-hybridized carbons (Fsp3) is 0.667. The van der Waals surface area contributed by atoms with Crippen LogP contribution in [0.4, 0.5) is 0 Å². The third-order valence-electron chi connectivity index (χ3n) is 2.37. The second-order valence-electron chi connectivity index (χ2n) is 3.42. The average Bonchev–Trinajstić information content (AvgIpc) is 2.53. The van der Waals surface area contributed by atoms with E-state index < -0.39 is 0 Å². The zero-order chi connectivity index (χ0) is 9.26. The lowest BCUT2D eigenvalue weighted by atomic mass is 10.00. The summed E-state index contributed by atoms with van der Waals surface area (Å²) in [6, 6.07) is -0.0741. The number of aromatic nitrogens is 1. The molecule has 0 aromatic carbocycles. The Labute approximate surface area is 77.0 Å². The first-order chi connectivity index (χ1) is 6.27. The van der Waals surface area contributed by atoms with Gasteiger partial charge in [-0.05, 0) is 19.4 Å². The van der Waals surface area contributed by atoms with Crippen molar-refractivity contribution in [1.29, 1.82) is 0 Å². The molecule has 4 nitrogen and oxygen atoms in total. The lowest BCUT2D eigenvalue weighted by Crippen LogP contribution is -2.37. The van der Waals surface area contributed by atoms with E-state index in [0.717, 1.165) is 25.1 Å². The Morgan fingerprint density at radius 3 is 3.15 bits per heavy atom. The Morgan fingerprint density at radius 2 is 2.54 bits per heavy atom. The van der Waals surface area contributed by atoms with Gasteiger partial charge >= 0.3 is 0 Å². The first kappa shape index (κ1) is 8.72. The number of hydrogen-bond donors (Lipinski definition) is 2. The summed E-state index contributed by atoms with van der Waals surface area (Å²) in [4.78, 5) is 4.01. The van der Waals surface area contributed by atoms with Gasteiger partial charge in [0.1, 0.15) is 5.76 Å². The predicted molar refractivity (Wildman–Crippen MR) is 47.2 cm³/mol. The maximum Gasteiger partial charge on any atom is 0.191 e. The molecule has 2 heterocycles. The molecule has 1 saturated heterocycles. The minimum absolute atomic E-state index is 0.0741. The second-order valence-corrected chi connectivity index (χ2v) is 3.42. The standard InChI is InChI=1S/C9H14N2O2/c1-6-11-5-8(13-6)9-7(12)3-2-4-10-9/h5,7,9-10,12H,2-4H2,1H3. The van der Waals surface area contributed by atoms with Crippen LogP contribution in [0, 0.1) is 6.92 Å². The molecular weight excluding hydrogens is 168 g/mol. The lowest BCUT2D eigenvalue weighted by molar-refractivity contribution is 0.0861. The molecule has 0 bridgehead atoms. The van der Waals surface area contributed by atoms with E-state index in [1.807, 2.05) is 0 Å². The molecule has 0 amide bonds. The molecule has 0 radical (unpaired) electrons. The van der Waals surface area contributed by atoms with Crippen LogP contribution < -0.4 is 5.32 Å². The molecule has 13 heavy (non-hydrogen) atoms. The summed E-state index contributed by atoms with van der Waals surface area (Å²) in [6.07, 6.45) is 3.19. The molecule has 2 rings (SSSR count). The van der Waals surface area contributed by atoms with Gasteiger partial charge in [0.15, 0.2) is 5.89 Å². The maximum atomic E-state index is 9.68. The van der Waals surface area contributed by atoms with Crippen LogP contribution in [-0.4, -0.2) is 22.7 Å². The van der Waals surface area contributed by atoms with Crippen molar-refractivity contribution in [3.8, 4) is 0 Å². The van der Waals surface area contributed by atoms with Crippen LogP contribution in [0.25, 0.3) is 0 Å². The van der Waals surface area contributed by atoms with Crippen molar-refractivity contribution in [2.75, 3.05) is 6.54 Å². The number of oxazole rings is 1. The number of aliphatic hydroxyl groups is 1. The number of aryl methyl sites for hydroxylation is 1. The van der Waals surface area contributed by atoms with E-state index in [1.54, 1.807) is 13.1 Å². The Hall–Kier alpha value is -0.870. The number of hydrogen-bond acceptors (Lipinski definition) is 4. The molecule has 0 saturated carbocycles. The van der Waals surface area contributed by atoms with Crippen LogP contribution in [0.5, 0.6) is 0 Å². The summed E-state index contributed by atoms with van der Waals surface area (Å²) in [5.41, 5.74) is 0. The lowest BCUT2D eigenvalue weighted by Gasteiger charge is -2.26. The highest BCUT2D eigenvalue weighted by atomic mass is 16.4. The van der Waals surface area contributed by atoms with Crippen molar-refractivity contribution in [3.05, 3.63) is 17.8 Å². The number of piperidine rings is 1. The SMILES string of the molecule is Cc1ncc(C2NCCCC2O)o1. The van der Waals surface area contributed by atoms with Gasteiger partial charge in [0, 0.05) is 6.92 Å². The van der Waals surface area contributed by atoms with Crippen molar-refractivity contribution >= 4 is 0 Å². The summed E-state index contributed by atoms with van der Waals surface area (Å²) < 4.78 is 5.36. The van der Waals surface area contributed by atoms with Gasteiger partial charge in [-0.25, -0.2) is 4.98 Å². The minimum Gasteiger partial charge on any atom is -0.444 e. The quantitative estimate of drug-likeness (QED) is 0.673. The van der Waals surface area contributed by atoms with E-state index in [2.05, 4.69) is 10.3 Å². The van der Waals surface area contributed by atoms with Gasteiger partial charge in [0.05, 0.1) is 18.3 Å². The third kappa shape index (κ3) is 1.73. The van der Waals surface area contributed by atoms with Crippen molar-refractivity contribution in [2.24, 2.45) is 0 Å². The van der Waals surface area contributed by atoms with Gasteiger partial charge in [-0.3, -0.25) is 0 Å². The molecule has 4 heteroatoms. The van der Waals surface area contributed by atoms with E-state index in [9.17, 15) is 5.11 Å². The van der Waals surface area contributed by atoms with Gasteiger partial charge in [0.2, 0.25) is 0 Å². The molecule has 2 N–H and O–H groups in total. The van der Waals surface area contributed by atoms with E-state index in [-0.39, 0.29) is 12.1 Å². The summed E-state index contributed by atoms with van der Waals surface area (Å²) in [5.74, 6) is 1.39. The Morgan fingerprint density at radius 1 is 1.69 bits per heavy atom. The molecule has 1 fully saturated rings. The first-order valence-electron chi connectivity index (χ1n) is 4.61. The van der Waals surface area contributed by atoms with Gasteiger partial charge in [-0.15, -0.1) is 0 Å². The fourth-order valence-electron chi connectivity index (χ4n) is 1.68. The molecule has 72 valence electrons. The van der Waals surface area contributed by atoms with E-state index in [1.165, 1.54) is 0 Å². The Kier molecular flexibility index (Phi) is 2.33. The van der Waals surface area contributed by atoms with Crippen LogP contribution in [0.2, 0.25) is 0 Å². The van der Waals surface area contributed by atoms with Crippen molar-refractivity contribution in [3.63, 3.8) is 0 Å². The van der Waals surface area contributed by atoms with E-state index >= 15 is 0 Å². The van der Waals surface area contributed by atoms with E-state index in [4.69, 9.17) is 4.42 Å². The number of nitrogens with zero attached hydrogens (tertiary/aromatic N) is 1. The minimum atomic E-state index is -0.346. The third-order valence-corrected chi connectivity index (χ3v) is 2.37. The van der Waals surface area contributed by atoms with Crippen LogP contribution >= 0.6 is 0 Å². The molecule has 1 aromatic heterocycles. The maximum absolute atomic E-state index is 9.68. The molecule has 2 atom stereocenters. The van der Waals surface area contributed by atoms with Crippen LogP contribution in [0.3, 0.4) is 0 Å². The highest BCUT2D eigenvalue weighted by Crippen LogP contribution is 2.23. The molecule has 1 aliphatic rings. The van der Waals surface area contributed by atoms with Gasteiger partial charge in [-0.2, -0.15) is 0 Å². The van der Waals surface area contributed by atoms with Crippen molar-refractivity contribution < 1.29 is 9.52 Å². The van der Waals surface area contributed by atoms with Crippen LogP contribution in [-0.2, 0) is 0 Å². The molecule has 1 aromatic rings. The van der Waals surface area contributed by atoms with Crippen LogP contribution in [0.15, 0.2) is 10.6 Å². The zero-order valence-electron chi connectivity index (χ0n) is 7.66. The second kappa shape index (κ2) is 3.47. The summed E-state index contributed by atoms with van der Waals surface area (Å²) >= 11 is 0. The highest BCUT2D eigenvalue weighted by Gasteiger charge is 2.26. The van der Waals surface area contributed by atoms with E-state index in [0.29, 0.717) is 5.89 Å². The fourth-order valence-corrected chi connectivity index (χ4v) is 1.68. The molecule has 2 unspecified atom stereocenters. The van der Waals surface area contributed by atoms with Crippen molar-refractivity contribution in [2.45, 2.75) is 31.9 Å². The molecular formula is C9H14N2O2. The van der Waals surface area contributed by atoms with Gasteiger partial charge in [0.25, 0.3) is 0 Å². The Bertz CT molecular complexity index is 285. The molecule has 0 aliphatic carbocycles. The smallest absolute Gasteiger partial charge is 0.191 e. The largest absolute Gasteiger partial charge is 0.444 e. The topological polar surface area (TPSA) is 58.3 Å². The highest BCUT2D eigenvalue weighted by molar-refractivity contribution is 5.04. The van der Waals surface area contributed by atoms with Crippen LogP contribution in [0.1, 0.15) is 30.5 Å². The normalized spacial score (nSPS) is 29.1. The summed E-state index contributed by atoms with van der Waals surface area (Å²) in [6.45, 7) is 2.74. The average molecular weight is 182 g/mol. The van der Waals surface area contributed by atoms with Crippen molar-refractivity contribution in [1.82, 2.24) is 10.3 Å². The first-order valence-corrected chi connectivity index (χ1v) is 4.61.